The molecular weight excluding hydrogens is 405 g/mol. The van der Waals surface area contributed by atoms with Gasteiger partial charge in [0.2, 0.25) is 5.91 Å². The van der Waals surface area contributed by atoms with Crippen LogP contribution in [0.3, 0.4) is 0 Å². The van der Waals surface area contributed by atoms with Crippen molar-refractivity contribution in [1.29, 1.82) is 0 Å². The van der Waals surface area contributed by atoms with Gasteiger partial charge in [0.15, 0.2) is 0 Å². The maximum atomic E-state index is 11.8. The van der Waals surface area contributed by atoms with Gasteiger partial charge < -0.3 is 10.2 Å². The van der Waals surface area contributed by atoms with E-state index in [1.807, 2.05) is 43.5 Å². The SMILES string of the molecule is Cc1cnc(-c2cccc(Nc3ccc(N4CCCC4=O)cn3)n2)s1.Cl.Cl. The Kier molecular flexibility index (Phi) is 7.12. The summed E-state index contributed by atoms with van der Waals surface area (Å²) < 4.78 is 0. The van der Waals surface area contributed by atoms with E-state index in [0.717, 1.165) is 34.2 Å². The summed E-state index contributed by atoms with van der Waals surface area (Å²) in [4.78, 5) is 28.1. The van der Waals surface area contributed by atoms with Crippen molar-refractivity contribution in [1.82, 2.24) is 15.0 Å². The second kappa shape index (κ2) is 9.12. The Hall–Kier alpha value is -2.22. The monoisotopic (exact) mass is 423 g/mol. The van der Waals surface area contributed by atoms with Crippen LogP contribution < -0.4 is 10.2 Å². The van der Waals surface area contributed by atoms with Crippen LogP contribution in [0.4, 0.5) is 17.3 Å². The highest BCUT2D eigenvalue weighted by Crippen LogP contribution is 2.25. The van der Waals surface area contributed by atoms with Gasteiger partial charge in [-0.2, -0.15) is 0 Å². The lowest BCUT2D eigenvalue weighted by molar-refractivity contribution is -0.117. The average molecular weight is 424 g/mol. The van der Waals surface area contributed by atoms with E-state index < -0.39 is 0 Å². The molecule has 6 nitrogen and oxygen atoms in total. The van der Waals surface area contributed by atoms with Crippen LogP contribution in [0.5, 0.6) is 0 Å². The minimum atomic E-state index is 0. The molecule has 1 fully saturated rings. The lowest BCUT2D eigenvalue weighted by Crippen LogP contribution is -2.23. The van der Waals surface area contributed by atoms with E-state index in [4.69, 9.17) is 0 Å². The number of carbonyl (C=O) groups is 1. The normalized spacial score (nSPS) is 13.1. The lowest BCUT2D eigenvalue weighted by Gasteiger charge is -2.15. The molecule has 142 valence electrons. The Morgan fingerprint density at radius 3 is 2.56 bits per heavy atom. The van der Waals surface area contributed by atoms with Crippen LogP contribution in [-0.4, -0.2) is 27.4 Å². The average Bonchev–Trinajstić information content (AvgIpc) is 3.24. The van der Waals surface area contributed by atoms with Crippen molar-refractivity contribution in [2.24, 2.45) is 0 Å². The van der Waals surface area contributed by atoms with Crippen molar-refractivity contribution in [2.75, 3.05) is 16.8 Å². The highest BCUT2D eigenvalue weighted by molar-refractivity contribution is 7.14. The second-order valence-corrected chi connectivity index (χ2v) is 7.09. The number of hydrogen-bond donors (Lipinski definition) is 1. The lowest BCUT2D eigenvalue weighted by atomic mass is 10.3. The molecular formula is C18H19Cl2N5OS. The maximum absolute atomic E-state index is 11.8. The van der Waals surface area contributed by atoms with Crippen LogP contribution in [0.1, 0.15) is 17.7 Å². The third-order valence-corrected chi connectivity index (χ3v) is 4.91. The number of amides is 1. The van der Waals surface area contributed by atoms with Crippen molar-refractivity contribution in [2.45, 2.75) is 19.8 Å². The largest absolute Gasteiger partial charge is 0.325 e. The molecule has 3 aromatic rings. The minimum Gasteiger partial charge on any atom is -0.325 e. The topological polar surface area (TPSA) is 71.0 Å². The first-order chi connectivity index (χ1) is 12.2. The molecule has 0 aliphatic carbocycles. The molecule has 0 atom stereocenters. The Morgan fingerprint density at radius 1 is 1.07 bits per heavy atom. The molecule has 0 saturated carbocycles. The van der Waals surface area contributed by atoms with Crippen LogP contribution in [-0.2, 0) is 4.79 Å². The molecule has 0 spiro atoms. The van der Waals surface area contributed by atoms with Crippen LogP contribution in [0, 0.1) is 6.92 Å². The van der Waals surface area contributed by atoms with Crippen molar-refractivity contribution in [3.8, 4) is 10.7 Å². The number of nitrogens with zero attached hydrogens (tertiary/aromatic N) is 4. The number of nitrogens with one attached hydrogen (secondary N) is 1. The van der Waals surface area contributed by atoms with Gasteiger partial charge >= 0.3 is 0 Å². The molecule has 27 heavy (non-hydrogen) atoms. The number of carbonyl (C=O) groups excluding carboxylic acids is 1. The molecule has 0 radical (unpaired) electrons. The van der Waals surface area contributed by atoms with Gasteiger partial charge in [-0.15, -0.1) is 36.2 Å². The first kappa shape index (κ1) is 21.1. The summed E-state index contributed by atoms with van der Waals surface area (Å²) in [6.07, 6.45) is 5.10. The maximum Gasteiger partial charge on any atom is 0.227 e. The molecule has 0 bridgehead atoms. The Bertz CT molecular complexity index is 916. The fourth-order valence-electron chi connectivity index (χ4n) is 2.77. The number of anilines is 3. The van der Waals surface area contributed by atoms with Crippen LogP contribution >= 0.6 is 36.2 Å². The number of aryl methyl sites for hydroxylation is 1. The molecule has 0 unspecified atom stereocenters. The van der Waals surface area contributed by atoms with Gasteiger partial charge in [-0.3, -0.25) is 4.79 Å². The zero-order chi connectivity index (χ0) is 17.2. The predicted octanol–water partition coefficient (Wildman–Crippen LogP) is 4.62. The van der Waals surface area contributed by atoms with Gasteiger partial charge in [-0.05, 0) is 37.6 Å². The summed E-state index contributed by atoms with van der Waals surface area (Å²) in [5, 5.41) is 4.10. The fraction of sp³-hybridized carbons (Fsp3) is 0.222. The van der Waals surface area contributed by atoms with E-state index >= 15 is 0 Å². The highest BCUT2D eigenvalue weighted by Gasteiger charge is 2.21. The number of pyridine rings is 2. The standard InChI is InChI=1S/C18H17N5OS.2ClH/c1-12-10-20-18(25-12)14-4-2-5-16(21-14)22-15-8-7-13(11-19-15)23-9-3-6-17(23)24;;/h2,4-5,7-8,10-11H,3,6,9H2,1H3,(H,19,21,22);2*1H. The van der Waals surface area contributed by atoms with Crippen molar-refractivity contribution >= 4 is 59.4 Å². The molecule has 0 aromatic carbocycles. The third kappa shape index (κ3) is 4.74. The summed E-state index contributed by atoms with van der Waals surface area (Å²) >= 11 is 1.62. The summed E-state index contributed by atoms with van der Waals surface area (Å²) in [5.74, 6) is 1.56. The first-order valence-corrected chi connectivity index (χ1v) is 8.94. The van der Waals surface area contributed by atoms with E-state index in [2.05, 4.69) is 20.3 Å². The van der Waals surface area contributed by atoms with Crippen LogP contribution in [0.15, 0.2) is 42.7 Å². The number of halogens is 2. The Balaban J connectivity index is 0.00000131. The van der Waals surface area contributed by atoms with Gasteiger partial charge in [0, 0.05) is 24.0 Å². The molecule has 1 aliphatic heterocycles. The van der Waals surface area contributed by atoms with E-state index in [0.29, 0.717) is 18.1 Å². The Morgan fingerprint density at radius 2 is 1.93 bits per heavy atom. The predicted molar refractivity (Wildman–Crippen MR) is 114 cm³/mol. The van der Waals surface area contributed by atoms with E-state index in [1.54, 1.807) is 22.4 Å². The van der Waals surface area contributed by atoms with Gasteiger partial charge in [0.25, 0.3) is 0 Å². The molecule has 4 rings (SSSR count). The van der Waals surface area contributed by atoms with Gasteiger partial charge in [0.05, 0.1) is 11.9 Å². The van der Waals surface area contributed by atoms with Gasteiger partial charge in [-0.25, -0.2) is 15.0 Å². The molecule has 1 aliphatic rings. The van der Waals surface area contributed by atoms with Crippen molar-refractivity contribution in [3.05, 3.63) is 47.6 Å². The quantitative estimate of drug-likeness (QED) is 0.662. The van der Waals surface area contributed by atoms with Crippen molar-refractivity contribution < 1.29 is 4.79 Å². The van der Waals surface area contributed by atoms with E-state index in [9.17, 15) is 4.79 Å². The van der Waals surface area contributed by atoms with Gasteiger partial charge in [-0.1, -0.05) is 6.07 Å². The molecule has 3 aromatic heterocycles. The molecule has 9 heteroatoms. The van der Waals surface area contributed by atoms with Crippen LogP contribution in [0.2, 0.25) is 0 Å². The zero-order valence-electron chi connectivity index (χ0n) is 14.6. The number of rotatable bonds is 4. The Labute approximate surface area is 173 Å². The number of hydrogen-bond acceptors (Lipinski definition) is 6. The molecule has 4 heterocycles. The molecule has 1 amide bonds. The van der Waals surface area contributed by atoms with Gasteiger partial charge in [0.1, 0.15) is 22.3 Å². The number of thiazole rings is 1. The molecule has 1 N–H and O–H groups in total. The number of aromatic nitrogens is 3. The third-order valence-electron chi connectivity index (χ3n) is 3.98. The second-order valence-electron chi connectivity index (χ2n) is 5.86. The first-order valence-electron chi connectivity index (χ1n) is 8.12. The van der Waals surface area contributed by atoms with E-state index in [-0.39, 0.29) is 30.7 Å². The summed E-state index contributed by atoms with van der Waals surface area (Å²) in [5.41, 5.74) is 1.68. The molecule has 1 saturated heterocycles. The highest BCUT2D eigenvalue weighted by atomic mass is 35.5. The summed E-state index contributed by atoms with van der Waals surface area (Å²) in [6, 6.07) is 9.55. The summed E-state index contributed by atoms with van der Waals surface area (Å²) in [7, 11) is 0. The van der Waals surface area contributed by atoms with E-state index in [1.165, 1.54) is 0 Å². The van der Waals surface area contributed by atoms with Crippen molar-refractivity contribution in [3.63, 3.8) is 0 Å². The smallest absolute Gasteiger partial charge is 0.227 e. The zero-order valence-corrected chi connectivity index (χ0v) is 17.0. The minimum absolute atomic E-state index is 0. The van der Waals surface area contributed by atoms with Crippen LogP contribution in [0.25, 0.3) is 10.7 Å². The fourth-order valence-corrected chi connectivity index (χ4v) is 3.50. The summed E-state index contributed by atoms with van der Waals surface area (Å²) in [6.45, 7) is 2.80.